The van der Waals surface area contributed by atoms with Crippen molar-refractivity contribution in [1.82, 2.24) is 0 Å². The normalized spacial score (nSPS) is 11.9. The van der Waals surface area contributed by atoms with Crippen molar-refractivity contribution in [1.29, 1.82) is 0 Å². The summed E-state index contributed by atoms with van der Waals surface area (Å²) in [4.78, 5) is 18.3. The molecule has 0 fully saturated rings. The van der Waals surface area contributed by atoms with Gasteiger partial charge in [-0.25, -0.2) is 4.79 Å². The number of thiophene rings is 4. The van der Waals surface area contributed by atoms with E-state index in [-0.39, 0.29) is 5.97 Å². The summed E-state index contributed by atoms with van der Waals surface area (Å²) in [6.07, 6.45) is 14.7. The van der Waals surface area contributed by atoms with Gasteiger partial charge in [0, 0.05) is 55.7 Å². The van der Waals surface area contributed by atoms with E-state index in [2.05, 4.69) is 64.1 Å². The molecule has 280 valence electrons. The van der Waals surface area contributed by atoms with Crippen LogP contribution in [0.3, 0.4) is 0 Å². The fraction of sp³-hybridized carbons (Fsp3) is 0.444. The first-order valence-corrected chi connectivity index (χ1v) is 23.0. The van der Waals surface area contributed by atoms with Crippen LogP contribution < -0.4 is 9.47 Å². The van der Waals surface area contributed by atoms with E-state index in [0.29, 0.717) is 24.7 Å². The van der Waals surface area contributed by atoms with Crippen LogP contribution in [-0.2, 0) is 4.74 Å². The number of carbonyl (C=O) groups is 1. The zero-order chi connectivity index (χ0) is 36.9. The minimum atomic E-state index is -0.240. The quantitative estimate of drug-likeness (QED) is 0.0465. The molecule has 0 aliphatic heterocycles. The van der Waals surface area contributed by atoms with E-state index in [9.17, 15) is 4.79 Å². The second-order valence-electron chi connectivity index (χ2n) is 14.3. The van der Waals surface area contributed by atoms with Crippen LogP contribution in [0.15, 0.2) is 42.5 Å². The Morgan fingerprint density at radius 1 is 0.566 bits per heavy atom. The zero-order valence-electron chi connectivity index (χ0n) is 31.9. The number of esters is 1. The Hall–Kier alpha value is -3.17. The number of carbonyl (C=O) groups excluding carboxylic acids is 1. The van der Waals surface area contributed by atoms with Gasteiger partial charge < -0.3 is 14.2 Å². The molecule has 0 N–H and O–H groups in total. The molecule has 0 radical (unpaired) electrons. The number of aryl methyl sites for hydroxylation is 2. The van der Waals surface area contributed by atoms with Gasteiger partial charge in [0.2, 0.25) is 0 Å². The second-order valence-corrected chi connectivity index (χ2v) is 18.9. The lowest BCUT2D eigenvalue weighted by Crippen LogP contribution is -2.02. The number of ether oxygens (including phenoxy) is 3. The minimum absolute atomic E-state index is 0.240. The van der Waals surface area contributed by atoms with Crippen molar-refractivity contribution in [2.45, 2.75) is 112 Å². The summed E-state index contributed by atoms with van der Waals surface area (Å²) in [5, 5.41) is 8.15. The number of unbranched alkanes of at least 4 members (excludes halogenated alkanes) is 10. The van der Waals surface area contributed by atoms with Crippen molar-refractivity contribution in [3.05, 3.63) is 57.1 Å². The molecule has 0 bridgehead atoms. The third-order valence-corrected chi connectivity index (χ3v) is 14.9. The van der Waals surface area contributed by atoms with Gasteiger partial charge in [-0.05, 0) is 86.8 Å². The summed E-state index contributed by atoms with van der Waals surface area (Å²) in [5.41, 5.74) is 0. The van der Waals surface area contributed by atoms with Crippen molar-refractivity contribution in [3.8, 4) is 21.3 Å². The summed E-state index contributed by atoms with van der Waals surface area (Å²) >= 11 is 7.03. The van der Waals surface area contributed by atoms with Crippen LogP contribution in [-0.4, -0.2) is 25.8 Å². The van der Waals surface area contributed by atoms with Crippen molar-refractivity contribution < 1.29 is 19.0 Å². The van der Waals surface area contributed by atoms with Crippen molar-refractivity contribution in [2.75, 3.05) is 19.8 Å². The maximum atomic E-state index is 12.7. The Labute approximate surface area is 330 Å². The van der Waals surface area contributed by atoms with Gasteiger partial charge in [-0.15, -0.1) is 45.3 Å². The van der Waals surface area contributed by atoms with E-state index < -0.39 is 0 Å². The van der Waals surface area contributed by atoms with Crippen LogP contribution in [0.5, 0.6) is 11.5 Å². The van der Waals surface area contributed by atoms with E-state index in [4.69, 9.17) is 14.2 Å². The Kier molecular flexibility index (Phi) is 12.6. The van der Waals surface area contributed by atoms with Crippen LogP contribution in [0, 0.1) is 13.8 Å². The molecule has 0 aliphatic carbocycles. The Balaban J connectivity index is 1.34. The molecule has 4 aromatic heterocycles. The fourth-order valence-electron chi connectivity index (χ4n) is 7.45. The Morgan fingerprint density at radius 3 is 1.72 bits per heavy atom. The molecule has 0 saturated carbocycles. The van der Waals surface area contributed by atoms with Gasteiger partial charge >= 0.3 is 5.97 Å². The molecule has 0 amide bonds. The molecule has 7 aromatic rings. The zero-order valence-corrected chi connectivity index (χ0v) is 35.2. The van der Waals surface area contributed by atoms with Crippen molar-refractivity contribution in [2.24, 2.45) is 0 Å². The van der Waals surface area contributed by atoms with Crippen LogP contribution in [0.1, 0.15) is 117 Å². The maximum absolute atomic E-state index is 12.7. The monoisotopic (exact) mass is 784 g/mol. The highest BCUT2D eigenvalue weighted by molar-refractivity contribution is 7.30. The van der Waals surface area contributed by atoms with E-state index in [0.717, 1.165) is 51.3 Å². The molecule has 7 rings (SSSR count). The van der Waals surface area contributed by atoms with Crippen LogP contribution in [0.2, 0.25) is 0 Å². The first-order chi connectivity index (χ1) is 25.9. The predicted molar refractivity (Wildman–Crippen MR) is 234 cm³/mol. The van der Waals surface area contributed by atoms with Crippen LogP contribution in [0.25, 0.3) is 61.6 Å². The molecule has 0 spiro atoms. The first-order valence-electron chi connectivity index (χ1n) is 19.7. The molecule has 8 heteroatoms. The number of hydrogen-bond donors (Lipinski definition) is 0. The van der Waals surface area contributed by atoms with Gasteiger partial charge in [-0.2, -0.15) is 0 Å². The van der Waals surface area contributed by atoms with Gasteiger partial charge in [0.1, 0.15) is 16.4 Å². The number of fused-ring (bicyclic) bond motifs is 5. The van der Waals surface area contributed by atoms with Gasteiger partial charge in [-0.3, -0.25) is 0 Å². The summed E-state index contributed by atoms with van der Waals surface area (Å²) in [6, 6.07) is 16.0. The van der Waals surface area contributed by atoms with Gasteiger partial charge in [0.25, 0.3) is 0 Å². The van der Waals surface area contributed by atoms with Gasteiger partial charge in [-0.1, -0.05) is 78.1 Å². The highest BCUT2D eigenvalue weighted by Gasteiger charge is 2.22. The lowest BCUT2D eigenvalue weighted by molar-refractivity contribution is 0.0532. The van der Waals surface area contributed by atoms with E-state index in [1.54, 1.807) is 11.3 Å². The summed E-state index contributed by atoms with van der Waals surface area (Å²) < 4.78 is 22.8. The third-order valence-electron chi connectivity index (χ3n) is 10.2. The standard InChI is InChI=1S/C45H52O4S4/c1-6-9-11-13-15-17-19-48-41-32-22-30-21-28(4)50-37(30)25-34(32)42(49-20-18-16-14-12-10-7-2)33-23-31-24-39(52-38(31)26-35(33)41)44-36-27-40(45(46)47-8-3)53-43(36)29(5)51-44/h21-27H,6-20H2,1-5H3. The smallest absolute Gasteiger partial charge is 0.348 e. The summed E-state index contributed by atoms with van der Waals surface area (Å²) in [5.74, 6) is 1.71. The first kappa shape index (κ1) is 38.1. The molecular weight excluding hydrogens is 733 g/mol. The maximum Gasteiger partial charge on any atom is 0.348 e. The topological polar surface area (TPSA) is 44.8 Å². The van der Waals surface area contributed by atoms with E-state index in [1.165, 1.54) is 109 Å². The number of benzene rings is 3. The molecule has 4 heterocycles. The lowest BCUT2D eigenvalue weighted by atomic mass is 9.98. The molecule has 3 aromatic carbocycles. The Bertz CT molecular complexity index is 2240. The predicted octanol–water partition coefficient (Wildman–Crippen LogP) is 15.6. The van der Waals surface area contributed by atoms with Gasteiger partial charge in [0.05, 0.1) is 24.7 Å². The third kappa shape index (κ3) is 8.26. The number of rotatable bonds is 19. The SMILES string of the molecule is CCCCCCCCOc1c2cc3cc(-c4sc(C)c5sc(C(=O)OCC)cc45)sc3cc2c(OCCCCCCCC)c2cc3cc(C)sc3cc12. The molecule has 0 aliphatic rings. The Morgan fingerprint density at radius 2 is 1.11 bits per heavy atom. The van der Waals surface area contributed by atoms with Gasteiger partial charge in [0.15, 0.2) is 0 Å². The highest BCUT2D eigenvalue weighted by atomic mass is 32.1. The van der Waals surface area contributed by atoms with Crippen LogP contribution >= 0.6 is 45.3 Å². The number of hydrogen-bond acceptors (Lipinski definition) is 8. The average Bonchev–Trinajstić information content (AvgIpc) is 3.92. The molecule has 4 nitrogen and oxygen atoms in total. The van der Waals surface area contributed by atoms with E-state index >= 15 is 0 Å². The summed E-state index contributed by atoms with van der Waals surface area (Å²) in [6.45, 7) is 12.5. The van der Waals surface area contributed by atoms with E-state index in [1.807, 2.05) is 47.0 Å². The lowest BCUT2D eigenvalue weighted by Gasteiger charge is -2.19. The van der Waals surface area contributed by atoms with Crippen molar-refractivity contribution >= 4 is 103 Å². The highest BCUT2D eigenvalue weighted by Crippen LogP contribution is 2.50. The fourth-order valence-corrected chi connectivity index (χ4v) is 11.9. The molecule has 0 unspecified atom stereocenters. The summed E-state index contributed by atoms with van der Waals surface area (Å²) in [7, 11) is 0. The molecule has 53 heavy (non-hydrogen) atoms. The molecular formula is C45H52O4S4. The minimum Gasteiger partial charge on any atom is -0.492 e. The second kappa shape index (κ2) is 17.5. The largest absolute Gasteiger partial charge is 0.492 e. The average molecular weight is 785 g/mol. The van der Waals surface area contributed by atoms with Crippen LogP contribution in [0.4, 0.5) is 0 Å². The molecule has 0 saturated heterocycles. The molecule has 0 atom stereocenters. The van der Waals surface area contributed by atoms with Crippen molar-refractivity contribution in [3.63, 3.8) is 0 Å².